The predicted molar refractivity (Wildman–Crippen MR) is 88.9 cm³/mol. The van der Waals surface area contributed by atoms with Crippen molar-refractivity contribution in [3.8, 4) is 0 Å². The van der Waals surface area contributed by atoms with E-state index in [1.54, 1.807) is 6.92 Å². The highest BCUT2D eigenvalue weighted by atomic mass is 19.4. The lowest BCUT2D eigenvalue weighted by atomic mass is 9.87. The number of carbonyl (C=O) groups excluding carboxylic acids is 2. The lowest BCUT2D eigenvalue weighted by molar-refractivity contribution is -0.137. The topological polar surface area (TPSA) is 70.2 Å². The fraction of sp³-hybridized carbons (Fsp3) is 0.556. The standard InChI is InChI=1S/C18H22F3N3O2/c1-11-22-14(10-15(25)23-11)16(26)24-17(8-2-3-9-17)12-4-6-13(7-5-12)18(19,20)21/h4-7,11,14,22H,2-3,8-10H2,1H3,(H,23,25)(H,24,26). The minimum absolute atomic E-state index is 0.0409. The predicted octanol–water partition coefficient (Wildman–Crippen LogP) is 2.42. The normalized spacial score (nSPS) is 25.6. The summed E-state index contributed by atoms with van der Waals surface area (Å²) < 4.78 is 38.4. The molecule has 3 rings (SSSR count). The molecular formula is C18H22F3N3O2. The Morgan fingerprint density at radius 1 is 1.19 bits per heavy atom. The Hall–Kier alpha value is -2.09. The first-order valence-electron chi connectivity index (χ1n) is 8.75. The molecule has 2 amide bonds. The van der Waals surface area contributed by atoms with E-state index in [0.29, 0.717) is 18.4 Å². The summed E-state index contributed by atoms with van der Waals surface area (Å²) in [4.78, 5) is 24.4. The van der Waals surface area contributed by atoms with Crippen LogP contribution in [0.4, 0.5) is 13.2 Å². The van der Waals surface area contributed by atoms with E-state index >= 15 is 0 Å². The average Bonchev–Trinajstić information content (AvgIpc) is 3.03. The molecule has 2 unspecified atom stereocenters. The zero-order valence-electron chi connectivity index (χ0n) is 14.5. The molecule has 142 valence electrons. The van der Waals surface area contributed by atoms with Crippen molar-refractivity contribution >= 4 is 11.8 Å². The number of benzene rings is 1. The summed E-state index contributed by atoms with van der Waals surface area (Å²) in [5.74, 6) is -0.500. The molecule has 1 aromatic rings. The molecule has 0 radical (unpaired) electrons. The van der Waals surface area contributed by atoms with Gasteiger partial charge in [0.05, 0.1) is 29.7 Å². The number of nitrogens with one attached hydrogen (secondary N) is 3. The second-order valence-electron chi connectivity index (χ2n) is 7.07. The SMILES string of the molecule is CC1NC(=O)CC(C(=O)NC2(c3ccc(C(F)(F)F)cc3)CCCC2)N1. The van der Waals surface area contributed by atoms with E-state index in [1.807, 2.05) is 0 Å². The molecule has 26 heavy (non-hydrogen) atoms. The Kier molecular flexibility index (Phi) is 4.96. The molecule has 5 nitrogen and oxygen atoms in total. The highest BCUT2D eigenvalue weighted by molar-refractivity contribution is 5.90. The molecular weight excluding hydrogens is 347 g/mol. The second-order valence-corrected chi connectivity index (χ2v) is 7.07. The number of alkyl halides is 3. The Labute approximate surface area is 149 Å². The molecule has 1 aromatic carbocycles. The lowest BCUT2D eigenvalue weighted by Crippen LogP contribution is -2.61. The Morgan fingerprint density at radius 2 is 1.81 bits per heavy atom. The summed E-state index contributed by atoms with van der Waals surface area (Å²) in [6.45, 7) is 1.75. The van der Waals surface area contributed by atoms with Crippen molar-refractivity contribution in [3.63, 3.8) is 0 Å². The van der Waals surface area contributed by atoms with Crippen molar-refractivity contribution in [2.24, 2.45) is 0 Å². The van der Waals surface area contributed by atoms with Crippen LogP contribution < -0.4 is 16.0 Å². The van der Waals surface area contributed by atoms with Crippen LogP contribution in [0.25, 0.3) is 0 Å². The zero-order valence-corrected chi connectivity index (χ0v) is 14.5. The number of rotatable bonds is 3. The molecule has 1 aliphatic carbocycles. The fourth-order valence-corrected chi connectivity index (χ4v) is 3.82. The molecule has 2 fully saturated rings. The molecule has 0 bridgehead atoms. The molecule has 0 aromatic heterocycles. The number of carbonyl (C=O) groups is 2. The highest BCUT2D eigenvalue weighted by Crippen LogP contribution is 2.40. The number of amides is 2. The van der Waals surface area contributed by atoms with E-state index < -0.39 is 23.3 Å². The molecule has 1 heterocycles. The van der Waals surface area contributed by atoms with Crippen LogP contribution in [0.1, 0.15) is 50.2 Å². The van der Waals surface area contributed by atoms with Gasteiger partial charge in [0, 0.05) is 0 Å². The smallest absolute Gasteiger partial charge is 0.345 e. The Bertz CT molecular complexity index is 682. The van der Waals surface area contributed by atoms with E-state index in [-0.39, 0.29) is 24.4 Å². The van der Waals surface area contributed by atoms with Gasteiger partial charge in [0.25, 0.3) is 0 Å². The molecule has 1 saturated carbocycles. The molecule has 3 N–H and O–H groups in total. The van der Waals surface area contributed by atoms with Crippen LogP contribution in [0.2, 0.25) is 0 Å². The van der Waals surface area contributed by atoms with Crippen LogP contribution >= 0.6 is 0 Å². The van der Waals surface area contributed by atoms with Gasteiger partial charge in [-0.05, 0) is 37.5 Å². The van der Waals surface area contributed by atoms with Gasteiger partial charge >= 0.3 is 6.18 Å². The number of halogens is 3. The molecule has 2 atom stereocenters. The maximum Gasteiger partial charge on any atom is 0.416 e. The van der Waals surface area contributed by atoms with Gasteiger partial charge in [-0.15, -0.1) is 0 Å². The molecule has 8 heteroatoms. The lowest BCUT2D eigenvalue weighted by Gasteiger charge is -2.35. The first-order valence-corrected chi connectivity index (χ1v) is 8.75. The van der Waals surface area contributed by atoms with Gasteiger partial charge in [0.15, 0.2) is 0 Å². The van der Waals surface area contributed by atoms with Crippen molar-refractivity contribution in [2.45, 2.75) is 63.0 Å². The second kappa shape index (κ2) is 6.90. The first-order chi connectivity index (χ1) is 12.2. The monoisotopic (exact) mass is 369 g/mol. The fourth-order valence-electron chi connectivity index (χ4n) is 3.82. The van der Waals surface area contributed by atoms with Crippen LogP contribution in [0.5, 0.6) is 0 Å². The van der Waals surface area contributed by atoms with Gasteiger partial charge in [-0.2, -0.15) is 13.2 Å². The summed E-state index contributed by atoms with van der Waals surface area (Å²) in [6, 6.07) is 4.34. The van der Waals surface area contributed by atoms with Gasteiger partial charge in [0.2, 0.25) is 11.8 Å². The van der Waals surface area contributed by atoms with Crippen LogP contribution in [0, 0.1) is 0 Å². The van der Waals surface area contributed by atoms with Crippen molar-refractivity contribution in [3.05, 3.63) is 35.4 Å². The largest absolute Gasteiger partial charge is 0.416 e. The van der Waals surface area contributed by atoms with Crippen LogP contribution in [-0.4, -0.2) is 24.0 Å². The summed E-state index contributed by atoms with van der Waals surface area (Å²) in [5.41, 5.74) is -0.718. The third kappa shape index (κ3) is 3.85. The average molecular weight is 369 g/mol. The van der Waals surface area contributed by atoms with Crippen LogP contribution in [0.15, 0.2) is 24.3 Å². The first kappa shape index (κ1) is 18.7. The quantitative estimate of drug-likeness (QED) is 0.766. The molecule has 0 spiro atoms. The summed E-state index contributed by atoms with van der Waals surface area (Å²) in [6.07, 6.45) is -1.55. The van der Waals surface area contributed by atoms with E-state index in [4.69, 9.17) is 0 Å². The van der Waals surface area contributed by atoms with E-state index in [2.05, 4.69) is 16.0 Å². The van der Waals surface area contributed by atoms with Gasteiger partial charge in [-0.1, -0.05) is 25.0 Å². The van der Waals surface area contributed by atoms with E-state index in [0.717, 1.165) is 25.0 Å². The summed E-state index contributed by atoms with van der Waals surface area (Å²) in [5, 5.41) is 8.72. The molecule has 2 aliphatic rings. The third-order valence-corrected chi connectivity index (χ3v) is 5.12. The third-order valence-electron chi connectivity index (χ3n) is 5.12. The minimum Gasteiger partial charge on any atom is -0.345 e. The van der Waals surface area contributed by atoms with E-state index in [1.165, 1.54) is 12.1 Å². The minimum atomic E-state index is -4.39. The van der Waals surface area contributed by atoms with Gasteiger partial charge in [-0.3, -0.25) is 14.9 Å². The number of hydrogen-bond donors (Lipinski definition) is 3. The van der Waals surface area contributed by atoms with Crippen molar-refractivity contribution < 1.29 is 22.8 Å². The Balaban J connectivity index is 1.80. The Morgan fingerprint density at radius 3 is 2.35 bits per heavy atom. The van der Waals surface area contributed by atoms with Crippen molar-refractivity contribution in [1.82, 2.24) is 16.0 Å². The van der Waals surface area contributed by atoms with Crippen molar-refractivity contribution in [1.29, 1.82) is 0 Å². The zero-order chi connectivity index (χ0) is 18.9. The highest BCUT2D eigenvalue weighted by Gasteiger charge is 2.40. The maximum atomic E-state index is 12.8. The molecule has 1 aliphatic heterocycles. The van der Waals surface area contributed by atoms with Crippen LogP contribution in [0.3, 0.4) is 0 Å². The summed E-state index contributed by atoms with van der Waals surface area (Å²) in [7, 11) is 0. The van der Waals surface area contributed by atoms with Gasteiger partial charge in [0.1, 0.15) is 0 Å². The molecule has 1 saturated heterocycles. The van der Waals surface area contributed by atoms with Gasteiger partial charge < -0.3 is 10.6 Å². The number of hydrogen-bond acceptors (Lipinski definition) is 3. The summed E-state index contributed by atoms with van der Waals surface area (Å²) >= 11 is 0. The maximum absolute atomic E-state index is 12.8. The van der Waals surface area contributed by atoms with Crippen molar-refractivity contribution in [2.75, 3.05) is 0 Å². The van der Waals surface area contributed by atoms with E-state index in [9.17, 15) is 22.8 Å². The van der Waals surface area contributed by atoms with Crippen LogP contribution in [-0.2, 0) is 21.3 Å². The van der Waals surface area contributed by atoms with Gasteiger partial charge in [-0.25, -0.2) is 0 Å².